The monoisotopic (exact) mass is 394 g/mol. The van der Waals surface area contributed by atoms with Gasteiger partial charge in [0.05, 0.1) is 11.0 Å². The number of thiazole rings is 1. The van der Waals surface area contributed by atoms with Crippen molar-refractivity contribution in [3.63, 3.8) is 0 Å². The average Bonchev–Trinajstić information content (AvgIpc) is 3.35. The molecule has 0 fully saturated rings. The molecule has 0 amide bonds. The van der Waals surface area contributed by atoms with Gasteiger partial charge in [0, 0.05) is 17.8 Å². The lowest BCUT2D eigenvalue weighted by molar-refractivity contribution is -0.658. The second-order valence-electron chi connectivity index (χ2n) is 6.84. The van der Waals surface area contributed by atoms with Gasteiger partial charge in [-0.3, -0.25) is 4.57 Å². The highest BCUT2D eigenvalue weighted by molar-refractivity contribution is 7.18. The maximum atomic E-state index is 4.48. The Morgan fingerprint density at radius 2 is 1.72 bits per heavy atom. The van der Waals surface area contributed by atoms with Gasteiger partial charge in [-0.15, -0.1) is 0 Å². The van der Waals surface area contributed by atoms with Gasteiger partial charge in [-0.1, -0.05) is 54.3 Å². The van der Waals surface area contributed by atoms with Crippen LogP contribution in [0.3, 0.4) is 0 Å². The van der Waals surface area contributed by atoms with Crippen LogP contribution in [0.15, 0.2) is 91.8 Å². The third kappa shape index (κ3) is 3.28. The number of nitrogens with zero attached hydrogens (tertiary/aromatic N) is 3. The Kier molecular flexibility index (Phi) is 4.54. The first-order valence-electron chi connectivity index (χ1n) is 9.56. The van der Waals surface area contributed by atoms with Crippen molar-refractivity contribution in [1.29, 1.82) is 0 Å². The lowest BCUT2D eigenvalue weighted by atomic mass is 10.2. The molecule has 3 nitrogen and oxygen atoms in total. The second kappa shape index (κ2) is 7.49. The molecular formula is C25H20N3S+. The summed E-state index contributed by atoms with van der Waals surface area (Å²) in [5.41, 5.74) is 5.65. The normalized spacial score (nSPS) is 11.6. The van der Waals surface area contributed by atoms with E-state index in [0.29, 0.717) is 0 Å². The highest BCUT2D eigenvalue weighted by Gasteiger charge is 2.16. The number of para-hydroxylation sites is 3. The lowest BCUT2D eigenvalue weighted by Crippen LogP contribution is -2.33. The third-order valence-corrected chi connectivity index (χ3v) is 6.12. The zero-order valence-electron chi connectivity index (χ0n) is 15.9. The smallest absolute Gasteiger partial charge is 0.263 e. The minimum atomic E-state index is 0.802. The van der Waals surface area contributed by atoms with E-state index in [0.717, 1.165) is 23.3 Å². The van der Waals surface area contributed by atoms with Crippen LogP contribution in [-0.2, 0) is 6.54 Å². The number of allylic oxidation sites excluding steroid dienone is 1. The summed E-state index contributed by atoms with van der Waals surface area (Å²) < 4.78 is 5.71. The van der Waals surface area contributed by atoms with Crippen molar-refractivity contribution in [3.05, 3.63) is 102 Å². The van der Waals surface area contributed by atoms with Crippen molar-refractivity contribution in [3.8, 4) is 5.69 Å². The molecule has 0 aliphatic rings. The van der Waals surface area contributed by atoms with E-state index in [-0.39, 0.29) is 0 Å². The van der Waals surface area contributed by atoms with Crippen LogP contribution in [0.5, 0.6) is 0 Å². The van der Waals surface area contributed by atoms with E-state index in [1.54, 1.807) is 11.3 Å². The molecule has 5 rings (SSSR count). The van der Waals surface area contributed by atoms with Crippen molar-refractivity contribution < 1.29 is 4.57 Å². The predicted molar refractivity (Wildman–Crippen MR) is 122 cm³/mol. The van der Waals surface area contributed by atoms with Crippen LogP contribution >= 0.6 is 11.3 Å². The van der Waals surface area contributed by atoms with E-state index in [1.807, 2.05) is 30.6 Å². The van der Waals surface area contributed by atoms with Gasteiger partial charge < -0.3 is 0 Å². The molecule has 29 heavy (non-hydrogen) atoms. The highest BCUT2D eigenvalue weighted by atomic mass is 32.1. The van der Waals surface area contributed by atoms with Crippen LogP contribution in [0, 0.1) is 0 Å². The van der Waals surface area contributed by atoms with Gasteiger partial charge in [-0.2, -0.15) is 4.57 Å². The number of aromatic nitrogens is 3. The quantitative estimate of drug-likeness (QED) is 0.269. The summed E-state index contributed by atoms with van der Waals surface area (Å²) in [4.78, 5) is 4.48. The van der Waals surface area contributed by atoms with E-state index < -0.39 is 0 Å². The summed E-state index contributed by atoms with van der Waals surface area (Å²) in [6.07, 6.45) is 8.18. The maximum Gasteiger partial charge on any atom is 0.263 e. The highest BCUT2D eigenvalue weighted by Crippen LogP contribution is 2.23. The Labute approximate surface area is 173 Å². The number of fused-ring (bicyclic) bond motifs is 2. The number of benzene rings is 3. The Hall–Kier alpha value is -3.50. The zero-order valence-corrected chi connectivity index (χ0v) is 16.7. The van der Waals surface area contributed by atoms with Crippen LogP contribution in [0.4, 0.5) is 0 Å². The molecule has 0 spiro atoms. The number of hydrogen-bond donors (Lipinski definition) is 0. The minimum Gasteiger partial charge on any atom is -0.299 e. The summed E-state index contributed by atoms with van der Waals surface area (Å²) >= 11 is 1.80. The first-order chi connectivity index (χ1) is 14.3. The molecule has 0 bridgehead atoms. The third-order valence-electron chi connectivity index (χ3n) is 4.99. The summed E-state index contributed by atoms with van der Waals surface area (Å²) in [5.74, 6) is 0. The van der Waals surface area contributed by atoms with Crippen molar-refractivity contribution in [2.24, 2.45) is 0 Å². The molecule has 0 saturated heterocycles. The molecule has 140 valence electrons. The lowest BCUT2D eigenvalue weighted by Gasteiger charge is -2.04. The van der Waals surface area contributed by atoms with Gasteiger partial charge in [0.25, 0.3) is 5.01 Å². The summed E-state index contributed by atoms with van der Waals surface area (Å²) in [5, 5.41) is 1.22. The molecule has 0 radical (unpaired) electrons. The zero-order chi connectivity index (χ0) is 19.6. The van der Waals surface area contributed by atoms with E-state index >= 15 is 0 Å². The van der Waals surface area contributed by atoms with Crippen LogP contribution in [-0.4, -0.2) is 9.55 Å². The molecule has 0 atom stereocenters. The van der Waals surface area contributed by atoms with Crippen molar-refractivity contribution >= 4 is 44.7 Å². The molecule has 0 saturated carbocycles. The van der Waals surface area contributed by atoms with Crippen LogP contribution in [0.1, 0.15) is 10.6 Å². The summed E-state index contributed by atoms with van der Waals surface area (Å²) in [6.45, 7) is 4.71. The van der Waals surface area contributed by atoms with Crippen molar-refractivity contribution in [1.82, 2.24) is 9.55 Å². The molecule has 5 aromatic rings. The Morgan fingerprint density at radius 3 is 2.59 bits per heavy atom. The SMILES string of the molecule is C=CC[n+]1c(/C=C/c2ccc(-n3cnc4ccccc43)cc2)sc2ccccc21. The minimum absolute atomic E-state index is 0.802. The fourth-order valence-corrected chi connectivity index (χ4v) is 4.65. The first-order valence-corrected chi connectivity index (χ1v) is 10.4. The average molecular weight is 395 g/mol. The van der Waals surface area contributed by atoms with Gasteiger partial charge in [-0.05, 0) is 48.0 Å². The maximum absolute atomic E-state index is 4.48. The van der Waals surface area contributed by atoms with Gasteiger partial charge in [0.1, 0.15) is 11.0 Å². The number of hydrogen-bond acceptors (Lipinski definition) is 2. The predicted octanol–water partition coefficient (Wildman–Crippen LogP) is 5.88. The van der Waals surface area contributed by atoms with Crippen molar-refractivity contribution in [2.75, 3.05) is 0 Å². The fraction of sp³-hybridized carbons (Fsp3) is 0.0400. The molecule has 0 aliphatic heterocycles. The molecule has 2 aromatic heterocycles. The Balaban J connectivity index is 1.46. The fourth-order valence-electron chi connectivity index (χ4n) is 3.57. The molecule has 2 heterocycles. The molecular weight excluding hydrogens is 374 g/mol. The van der Waals surface area contributed by atoms with Gasteiger partial charge in [0.15, 0.2) is 6.54 Å². The van der Waals surface area contributed by atoms with Crippen LogP contribution < -0.4 is 4.57 Å². The van der Waals surface area contributed by atoms with E-state index in [1.165, 1.54) is 20.8 Å². The largest absolute Gasteiger partial charge is 0.299 e. The second-order valence-corrected chi connectivity index (χ2v) is 7.90. The van der Waals surface area contributed by atoms with E-state index in [9.17, 15) is 0 Å². The molecule has 0 N–H and O–H groups in total. The summed E-state index contributed by atoms with van der Waals surface area (Å²) in [7, 11) is 0. The first kappa shape index (κ1) is 17.6. The Morgan fingerprint density at radius 1 is 0.931 bits per heavy atom. The van der Waals surface area contributed by atoms with Crippen LogP contribution in [0.25, 0.3) is 39.1 Å². The molecule has 3 aromatic carbocycles. The molecule has 0 aliphatic carbocycles. The van der Waals surface area contributed by atoms with Gasteiger partial charge in [-0.25, -0.2) is 4.98 Å². The van der Waals surface area contributed by atoms with Crippen LogP contribution in [0.2, 0.25) is 0 Å². The molecule has 4 heteroatoms. The topological polar surface area (TPSA) is 21.7 Å². The number of imidazole rings is 1. The molecule has 0 unspecified atom stereocenters. The number of rotatable bonds is 5. The Bertz CT molecular complexity index is 1340. The van der Waals surface area contributed by atoms with Gasteiger partial charge in [0.2, 0.25) is 5.52 Å². The van der Waals surface area contributed by atoms with Crippen molar-refractivity contribution in [2.45, 2.75) is 6.54 Å². The van der Waals surface area contributed by atoms with E-state index in [2.05, 4.69) is 87.4 Å². The van der Waals surface area contributed by atoms with Gasteiger partial charge >= 0.3 is 0 Å². The van der Waals surface area contributed by atoms with E-state index in [4.69, 9.17) is 0 Å². The standard InChI is InChI=1S/C25H20N3S/c1-2-17-27-23-9-5-6-10-24(23)29-25(27)16-13-19-11-14-20(15-12-19)28-18-26-21-7-3-4-8-22(21)28/h2-16,18H,1,17H2/q+1. The summed E-state index contributed by atoms with van der Waals surface area (Å²) in [6, 6.07) is 25.2.